The van der Waals surface area contributed by atoms with Gasteiger partial charge in [-0.1, -0.05) is 6.92 Å². The first-order valence-corrected chi connectivity index (χ1v) is 9.91. The molecule has 1 N–H and O–H groups in total. The van der Waals surface area contributed by atoms with Crippen LogP contribution in [-0.4, -0.2) is 32.8 Å². The molecular formula is C21H24F3N3O3. The number of anilines is 1. The number of carboxylic acids is 1. The summed E-state index contributed by atoms with van der Waals surface area (Å²) in [6.07, 6.45) is 4.31. The number of aromatic carboxylic acids is 1. The first-order valence-electron chi connectivity index (χ1n) is 9.91. The van der Waals surface area contributed by atoms with E-state index in [4.69, 9.17) is 0 Å². The van der Waals surface area contributed by atoms with Crippen LogP contribution in [0.15, 0.2) is 18.3 Å². The first kappa shape index (κ1) is 21.9. The number of carbonyl (C=O) groups excluding carboxylic acids is 1. The number of nitrogens with zero attached hydrogens (tertiary/aromatic N) is 3. The predicted octanol–water partition coefficient (Wildman–Crippen LogP) is 4.56. The van der Waals surface area contributed by atoms with Gasteiger partial charge in [-0.25, -0.2) is 22.6 Å². The molecule has 6 nitrogen and oxygen atoms in total. The zero-order chi connectivity index (χ0) is 22.2. The molecule has 0 unspecified atom stereocenters. The second-order valence-electron chi connectivity index (χ2n) is 8.10. The fraction of sp³-hybridized carbons (Fsp3) is 0.476. The number of hydrogen-bond donors (Lipinski definition) is 1. The molecule has 1 saturated carbocycles. The van der Waals surface area contributed by atoms with Crippen molar-refractivity contribution in [2.75, 3.05) is 4.90 Å². The Bertz CT molecular complexity index is 943. The van der Waals surface area contributed by atoms with Gasteiger partial charge in [-0.05, 0) is 45.4 Å². The minimum Gasteiger partial charge on any atom is -0.477 e. The summed E-state index contributed by atoms with van der Waals surface area (Å²) in [5.74, 6) is -5.84. The average Bonchev–Trinajstić information content (AvgIpc) is 3.11. The molecule has 1 aromatic carbocycles. The zero-order valence-electron chi connectivity index (χ0n) is 17.0. The van der Waals surface area contributed by atoms with Gasteiger partial charge < -0.3 is 5.11 Å². The van der Waals surface area contributed by atoms with E-state index in [9.17, 15) is 27.9 Å². The molecule has 1 aromatic heterocycles. The van der Waals surface area contributed by atoms with Crippen molar-refractivity contribution in [1.29, 1.82) is 0 Å². The zero-order valence-corrected chi connectivity index (χ0v) is 17.0. The minimum absolute atomic E-state index is 0.105. The van der Waals surface area contributed by atoms with Crippen LogP contribution in [0.4, 0.5) is 19.0 Å². The van der Waals surface area contributed by atoms with E-state index in [1.54, 1.807) is 13.8 Å². The van der Waals surface area contributed by atoms with Gasteiger partial charge in [0, 0.05) is 30.3 Å². The van der Waals surface area contributed by atoms with Crippen molar-refractivity contribution < 1.29 is 27.9 Å². The second-order valence-corrected chi connectivity index (χ2v) is 8.10. The Morgan fingerprint density at radius 1 is 1.13 bits per heavy atom. The molecule has 2 aromatic rings. The normalized spacial score (nSPS) is 19.2. The van der Waals surface area contributed by atoms with Gasteiger partial charge in [-0.3, -0.25) is 9.69 Å². The number of carboxylic acid groups (broad SMARTS) is 1. The van der Waals surface area contributed by atoms with E-state index in [1.165, 1.54) is 4.90 Å². The maximum absolute atomic E-state index is 13.6. The van der Waals surface area contributed by atoms with E-state index < -0.39 is 23.4 Å². The van der Waals surface area contributed by atoms with Crippen molar-refractivity contribution in [3.63, 3.8) is 0 Å². The fourth-order valence-electron chi connectivity index (χ4n) is 3.81. The maximum atomic E-state index is 13.6. The summed E-state index contributed by atoms with van der Waals surface area (Å²) in [6.45, 7) is 5.61. The number of benzene rings is 1. The Labute approximate surface area is 172 Å². The van der Waals surface area contributed by atoms with Gasteiger partial charge in [-0.2, -0.15) is 0 Å². The van der Waals surface area contributed by atoms with Crippen LogP contribution < -0.4 is 4.90 Å². The third kappa shape index (κ3) is 4.20. The molecule has 0 bridgehead atoms. The minimum atomic E-state index is -1.63. The van der Waals surface area contributed by atoms with E-state index in [2.05, 4.69) is 12.0 Å². The van der Waals surface area contributed by atoms with Crippen LogP contribution in [0, 0.1) is 29.3 Å². The Balaban J connectivity index is 2.04. The highest BCUT2D eigenvalue weighted by atomic mass is 19.2. The summed E-state index contributed by atoms with van der Waals surface area (Å²) < 4.78 is 41.5. The summed E-state index contributed by atoms with van der Waals surface area (Å²) >= 11 is 0. The highest BCUT2D eigenvalue weighted by Crippen LogP contribution is 2.33. The Hall–Kier alpha value is -2.84. The van der Waals surface area contributed by atoms with Crippen LogP contribution in [-0.2, 0) is 4.79 Å². The molecule has 0 saturated heterocycles. The summed E-state index contributed by atoms with van der Waals surface area (Å²) in [5, 5.41) is 13.8. The van der Waals surface area contributed by atoms with Crippen LogP contribution in [0.3, 0.4) is 0 Å². The van der Waals surface area contributed by atoms with E-state index >= 15 is 0 Å². The summed E-state index contributed by atoms with van der Waals surface area (Å²) in [7, 11) is 0. The molecule has 9 heteroatoms. The smallest absolute Gasteiger partial charge is 0.341 e. The fourth-order valence-corrected chi connectivity index (χ4v) is 3.81. The summed E-state index contributed by atoms with van der Waals surface area (Å²) in [6, 6.07) is 1.04. The SMILES string of the molecule is CC(C)N(c1nn(-c2cc(F)c(F)c(F)c2)cc1C(=O)O)C(=O)[C@H]1CC[C@H](C)CC1. The molecule has 3 rings (SSSR count). The van der Waals surface area contributed by atoms with E-state index in [0.29, 0.717) is 30.9 Å². The molecule has 1 aliphatic rings. The van der Waals surface area contributed by atoms with Crippen LogP contribution in [0.5, 0.6) is 0 Å². The molecule has 1 aliphatic carbocycles. The third-order valence-corrected chi connectivity index (χ3v) is 5.51. The second kappa shape index (κ2) is 8.49. The van der Waals surface area contributed by atoms with Crippen LogP contribution >= 0.6 is 0 Å². The molecule has 0 radical (unpaired) electrons. The largest absolute Gasteiger partial charge is 0.477 e. The lowest BCUT2D eigenvalue weighted by atomic mass is 9.82. The van der Waals surface area contributed by atoms with Crippen molar-refractivity contribution in [1.82, 2.24) is 9.78 Å². The molecular weight excluding hydrogens is 399 g/mol. The topological polar surface area (TPSA) is 75.4 Å². The summed E-state index contributed by atoms with van der Waals surface area (Å²) in [5.41, 5.74) is -0.478. The number of rotatable bonds is 5. The van der Waals surface area contributed by atoms with Gasteiger partial charge in [0.15, 0.2) is 23.3 Å². The Kier molecular flexibility index (Phi) is 6.19. The van der Waals surface area contributed by atoms with Gasteiger partial charge in [-0.15, -0.1) is 5.10 Å². The molecule has 1 fully saturated rings. The number of amides is 1. The van der Waals surface area contributed by atoms with Crippen molar-refractivity contribution in [3.05, 3.63) is 41.3 Å². The van der Waals surface area contributed by atoms with Gasteiger partial charge in [0.1, 0.15) is 5.56 Å². The third-order valence-electron chi connectivity index (χ3n) is 5.51. The van der Waals surface area contributed by atoms with Crippen LogP contribution in [0.1, 0.15) is 56.8 Å². The average molecular weight is 423 g/mol. The predicted molar refractivity (Wildman–Crippen MR) is 104 cm³/mol. The lowest BCUT2D eigenvalue weighted by Crippen LogP contribution is -2.43. The first-order chi connectivity index (χ1) is 14.1. The molecule has 1 amide bonds. The summed E-state index contributed by atoms with van der Waals surface area (Å²) in [4.78, 5) is 26.4. The standard InChI is InChI=1S/C21H24F3N3O3/c1-11(2)27(20(28)13-6-4-12(3)5-7-13)19-15(21(29)30)10-26(25-19)14-8-16(22)18(24)17(23)9-14/h8-13H,4-7H2,1-3H3,(H,29,30)/t12-,13-. The molecule has 30 heavy (non-hydrogen) atoms. The lowest BCUT2D eigenvalue weighted by molar-refractivity contribution is -0.124. The van der Waals surface area contributed by atoms with Crippen molar-refractivity contribution in [2.45, 2.75) is 52.5 Å². The molecule has 1 heterocycles. The quantitative estimate of drug-likeness (QED) is 0.716. The van der Waals surface area contributed by atoms with Gasteiger partial charge in [0.2, 0.25) is 5.91 Å². The molecule has 0 aliphatic heterocycles. The molecule has 0 atom stereocenters. The monoisotopic (exact) mass is 423 g/mol. The number of halogens is 3. The number of aromatic nitrogens is 2. The van der Waals surface area contributed by atoms with Gasteiger partial charge in [0.25, 0.3) is 0 Å². The highest BCUT2D eigenvalue weighted by Gasteiger charge is 2.34. The van der Waals surface area contributed by atoms with E-state index in [0.717, 1.165) is 23.7 Å². The van der Waals surface area contributed by atoms with E-state index in [-0.39, 0.29) is 34.9 Å². The van der Waals surface area contributed by atoms with Crippen LogP contribution in [0.2, 0.25) is 0 Å². The van der Waals surface area contributed by atoms with E-state index in [1.807, 2.05) is 0 Å². The highest BCUT2D eigenvalue weighted by molar-refractivity contribution is 6.01. The molecule has 162 valence electrons. The Morgan fingerprint density at radius 3 is 2.20 bits per heavy atom. The van der Waals surface area contributed by atoms with Crippen molar-refractivity contribution in [3.8, 4) is 5.69 Å². The van der Waals surface area contributed by atoms with Gasteiger partial charge in [0.05, 0.1) is 5.69 Å². The van der Waals surface area contributed by atoms with Gasteiger partial charge >= 0.3 is 5.97 Å². The van der Waals surface area contributed by atoms with Crippen LogP contribution in [0.25, 0.3) is 5.69 Å². The molecule has 0 spiro atoms. The number of hydrogen-bond acceptors (Lipinski definition) is 3. The lowest BCUT2D eigenvalue weighted by Gasteiger charge is -2.32. The van der Waals surface area contributed by atoms with Crippen molar-refractivity contribution in [2.24, 2.45) is 11.8 Å². The van der Waals surface area contributed by atoms with Crippen molar-refractivity contribution >= 4 is 17.7 Å². The Morgan fingerprint density at radius 2 is 1.70 bits per heavy atom. The maximum Gasteiger partial charge on any atom is 0.341 e. The number of carbonyl (C=O) groups is 2.